The van der Waals surface area contributed by atoms with E-state index in [2.05, 4.69) is 21.0 Å². The zero-order valence-corrected chi connectivity index (χ0v) is 18.0. The fourth-order valence-corrected chi connectivity index (χ4v) is 4.87. The maximum absolute atomic E-state index is 12.8. The molecule has 9 heteroatoms. The van der Waals surface area contributed by atoms with Crippen LogP contribution in [0.3, 0.4) is 0 Å². The van der Waals surface area contributed by atoms with Gasteiger partial charge in [0.1, 0.15) is 11.9 Å². The number of fused-ring (bicyclic) bond motifs is 1. The highest BCUT2D eigenvalue weighted by molar-refractivity contribution is 6.05. The molecule has 1 atom stereocenters. The molecular formula is C23H28N6O3. The summed E-state index contributed by atoms with van der Waals surface area (Å²) in [4.78, 5) is 38.1. The first-order valence-electron chi connectivity index (χ1n) is 11.3. The van der Waals surface area contributed by atoms with Crippen LogP contribution in [0, 0.1) is 5.92 Å². The number of hydrogen-bond acceptors (Lipinski definition) is 6. The SMILES string of the molecule is O=C1CCC(N2Cc3cc(CNc4ccnn4CC4CCNCC4)ccc3C2=O)C(=O)N1. The van der Waals surface area contributed by atoms with E-state index in [-0.39, 0.29) is 24.1 Å². The Hall–Kier alpha value is -3.20. The van der Waals surface area contributed by atoms with Crippen LogP contribution < -0.4 is 16.0 Å². The molecule has 9 nitrogen and oxygen atoms in total. The van der Waals surface area contributed by atoms with Crippen molar-refractivity contribution in [3.8, 4) is 0 Å². The minimum atomic E-state index is -0.585. The number of benzene rings is 1. The first-order chi connectivity index (χ1) is 15.6. The largest absolute Gasteiger partial charge is 0.366 e. The summed E-state index contributed by atoms with van der Waals surface area (Å²) in [6.07, 6.45) is 4.79. The molecule has 2 saturated heterocycles. The Balaban J connectivity index is 1.23. The minimum Gasteiger partial charge on any atom is -0.366 e. The van der Waals surface area contributed by atoms with Gasteiger partial charge in [0.25, 0.3) is 5.91 Å². The molecule has 1 aromatic carbocycles. The zero-order chi connectivity index (χ0) is 22.1. The number of imide groups is 1. The molecule has 3 aliphatic heterocycles. The number of amides is 3. The van der Waals surface area contributed by atoms with Gasteiger partial charge in [-0.25, -0.2) is 4.68 Å². The van der Waals surface area contributed by atoms with Gasteiger partial charge in [0.2, 0.25) is 11.8 Å². The molecule has 1 aromatic heterocycles. The van der Waals surface area contributed by atoms with Gasteiger partial charge in [-0.1, -0.05) is 12.1 Å². The third-order valence-corrected chi connectivity index (χ3v) is 6.67. The van der Waals surface area contributed by atoms with Crippen LogP contribution >= 0.6 is 0 Å². The lowest BCUT2D eigenvalue weighted by Crippen LogP contribution is -2.52. The van der Waals surface area contributed by atoms with E-state index in [0.29, 0.717) is 31.0 Å². The molecule has 0 aliphatic carbocycles. The summed E-state index contributed by atoms with van der Waals surface area (Å²) in [6, 6.07) is 7.22. The number of anilines is 1. The predicted octanol–water partition coefficient (Wildman–Crippen LogP) is 1.26. The van der Waals surface area contributed by atoms with Gasteiger partial charge in [0.05, 0.1) is 6.20 Å². The minimum absolute atomic E-state index is 0.144. The van der Waals surface area contributed by atoms with Gasteiger partial charge in [0, 0.05) is 37.7 Å². The fraction of sp³-hybridized carbons (Fsp3) is 0.478. The number of nitrogens with one attached hydrogen (secondary N) is 3. The van der Waals surface area contributed by atoms with Crippen LogP contribution in [0.25, 0.3) is 0 Å². The van der Waals surface area contributed by atoms with E-state index in [1.54, 1.807) is 4.90 Å². The topological polar surface area (TPSA) is 108 Å². The van der Waals surface area contributed by atoms with E-state index >= 15 is 0 Å². The predicted molar refractivity (Wildman–Crippen MR) is 118 cm³/mol. The number of carbonyl (C=O) groups is 3. The lowest BCUT2D eigenvalue weighted by atomic mass is 9.98. The second kappa shape index (κ2) is 8.74. The summed E-state index contributed by atoms with van der Waals surface area (Å²) in [7, 11) is 0. The molecule has 3 amide bonds. The van der Waals surface area contributed by atoms with Gasteiger partial charge in [-0.3, -0.25) is 19.7 Å². The van der Waals surface area contributed by atoms with Crippen molar-refractivity contribution in [1.29, 1.82) is 0 Å². The number of rotatable bonds is 6. The third kappa shape index (κ3) is 4.12. The fourth-order valence-electron chi connectivity index (χ4n) is 4.87. The maximum Gasteiger partial charge on any atom is 0.255 e. The van der Waals surface area contributed by atoms with E-state index in [1.807, 2.05) is 35.1 Å². The van der Waals surface area contributed by atoms with E-state index in [1.165, 1.54) is 12.8 Å². The highest BCUT2D eigenvalue weighted by Gasteiger charge is 2.39. The van der Waals surface area contributed by atoms with Gasteiger partial charge in [-0.05, 0) is 55.5 Å². The highest BCUT2D eigenvalue weighted by atomic mass is 16.2. The van der Waals surface area contributed by atoms with Gasteiger partial charge < -0.3 is 15.5 Å². The smallest absolute Gasteiger partial charge is 0.255 e. The molecule has 3 N–H and O–H groups in total. The van der Waals surface area contributed by atoms with Crippen LogP contribution in [0.1, 0.15) is 47.2 Å². The van der Waals surface area contributed by atoms with E-state index in [9.17, 15) is 14.4 Å². The molecule has 2 aromatic rings. The lowest BCUT2D eigenvalue weighted by molar-refractivity contribution is -0.136. The molecule has 2 fully saturated rings. The van der Waals surface area contributed by atoms with Crippen molar-refractivity contribution in [2.75, 3.05) is 18.4 Å². The second-order valence-corrected chi connectivity index (χ2v) is 8.84. The molecule has 0 saturated carbocycles. The Labute approximate surface area is 186 Å². The van der Waals surface area contributed by atoms with Gasteiger partial charge >= 0.3 is 0 Å². The Morgan fingerprint density at radius 3 is 2.75 bits per heavy atom. The number of piperidine rings is 2. The van der Waals surface area contributed by atoms with Crippen LogP contribution in [-0.4, -0.2) is 51.5 Å². The zero-order valence-electron chi connectivity index (χ0n) is 18.0. The van der Waals surface area contributed by atoms with Crippen LogP contribution in [-0.2, 0) is 29.2 Å². The number of nitrogens with zero attached hydrogens (tertiary/aromatic N) is 3. The third-order valence-electron chi connectivity index (χ3n) is 6.67. The van der Waals surface area contributed by atoms with Crippen molar-refractivity contribution in [3.05, 3.63) is 47.2 Å². The summed E-state index contributed by atoms with van der Waals surface area (Å²) in [5.74, 6) is 0.828. The van der Waals surface area contributed by atoms with Crippen molar-refractivity contribution in [2.24, 2.45) is 5.92 Å². The molecule has 5 rings (SSSR count). The summed E-state index contributed by atoms with van der Waals surface area (Å²) in [6.45, 7) is 4.06. The number of carbonyl (C=O) groups excluding carboxylic acids is 3. The summed E-state index contributed by atoms with van der Waals surface area (Å²) < 4.78 is 2.04. The van der Waals surface area contributed by atoms with Crippen molar-refractivity contribution in [3.63, 3.8) is 0 Å². The Bertz CT molecular complexity index is 1040. The Morgan fingerprint density at radius 2 is 1.94 bits per heavy atom. The van der Waals surface area contributed by atoms with Gasteiger partial charge in [0.15, 0.2) is 0 Å². The summed E-state index contributed by atoms with van der Waals surface area (Å²) >= 11 is 0. The Kier molecular flexibility index (Phi) is 5.65. The summed E-state index contributed by atoms with van der Waals surface area (Å²) in [5.41, 5.74) is 2.62. The van der Waals surface area contributed by atoms with Crippen LogP contribution in [0.2, 0.25) is 0 Å². The normalized spacial score (nSPS) is 21.6. The lowest BCUT2D eigenvalue weighted by Gasteiger charge is -2.29. The molecule has 4 heterocycles. The molecule has 1 unspecified atom stereocenters. The monoisotopic (exact) mass is 436 g/mol. The maximum atomic E-state index is 12.8. The van der Waals surface area contributed by atoms with E-state index in [0.717, 1.165) is 36.6 Å². The molecule has 3 aliphatic rings. The van der Waals surface area contributed by atoms with E-state index < -0.39 is 6.04 Å². The average molecular weight is 437 g/mol. The van der Waals surface area contributed by atoms with Crippen molar-refractivity contribution in [1.82, 2.24) is 25.3 Å². The van der Waals surface area contributed by atoms with Gasteiger partial charge in [-0.2, -0.15) is 5.10 Å². The van der Waals surface area contributed by atoms with E-state index in [4.69, 9.17) is 0 Å². The molecular weight excluding hydrogens is 408 g/mol. The molecule has 168 valence electrons. The number of aromatic nitrogens is 2. The first kappa shape index (κ1) is 20.7. The van der Waals surface area contributed by atoms with Crippen LogP contribution in [0.5, 0.6) is 0 Å². The Morgan fingerprint density at radius 1 is 1.09 bits per heavy atom. The number of hydrogen-bond donors (Lipinski definition) is 3. The molecule has 0 bridgehead atoms. The second-order valence-electron chi connectivity index (χ2n) is 8.84. The molecule has 0 spiro atoms. The quantitative estimate of drug-likeness (QED) is 0.589. The summed E-state index contributed by atoms with van der Waals surface area (Å²) in [5, 5.41) is 13.7. The van der Waals surface area contributed by atoms with Crippen molar-refractivity contribution >= 4 is 23.5 Å². The first-order valence-corrected chi connectivity index (χ1v) is 11.3. The van der Waals surface area contributed by atoms with Gasteiger partial charge in [-0.15, -0.1) is 0 Å². The van der Waals surface area contributed by atoms with Crippen molar-refractivity contribution in [2.45, 2.75) is 51.4 Å². The highest BCUT2D eigenvalue weighted by Crippen LogP contribution is 2.28. The standard InChI is InChI=1S/C23H28N6O3/c30-21-4-3-19(22(31)27-21)28-14-17-11-16(1-2-18(17)23(28)32)12-25-20-7-10-26-29(20)13-15-5-8-24-9-6-15/h1-2,7,10-11,15,19,24-25H,3-6,8-9,12-14H2,(H,27,30,31). The van der Waals surface area contributed by atoms with Crippen LogP contribution in [0.4, 0.5) is 5.82 Å². The van der Waals surface area contributed by atoms with Crippen LogP contribution in [0.15, 0.2) is 30.5 Å². The van der Waals surface area contributed by atoms with Crippen molar-refractivity contribution < 1.29 is 14.4 Å². The average Bonchev–Trinajstić information content (AvgIpc) is 3.37. The molecule has 0 radical (unpaired) electrons. The molecule has 32 heavy (non-hydrogen) atoms.